The van der Waals surface area contributed by atoms with Gasteiger partial charge in [-0.3, -0.25) is 4.79 Å². The van der Waals surface area contributed by atoms with Gasteiger partial charge in [0, 0.05) is 44.4 Å². The molecule has 1 amide bonds. The molecule has 4 heterocycles. The van der Waals surface area contributed by atoms with Crippen LogP contribution in [0.1, 0.15) is 25.6 Å². The Morgan fingerprint density at radius 1 is 1.15 bits per heavy atom. The van der Waals surface area contributed by atoms with Crippen molar-refractivity contribution in [2.75, 3.05) is 31.1 Å². The molecule has 2 saturated heterocycles. The summed E-state index contributed by atoms with van der Waals surface area (Å²) in [5, 5.41) is 10.8. The van der Waals surface area contributed by atoms with Gasteiger partial charge in [-0.15, -0.1) is 15.3 Å². The summed E-state index contributed by atoms with van der Waals surface area (Å²) in [4.78, 5) is 15.9. The van der Waals surface area contributed by atoms with Crippen LogP contribution in [-0.2, 0) is 11.0 Å². The number of alkyl halides is 3. The van der Waals surface area contributed by atoms with Crippen molar-refractivity contribution in [2.45, 2.75) is 25.9 Å². The van der Waals surface area contributed by atoms with Crippen LogP contribution in [0.4, 0.5) is 19.0 Å². The molecule has 0 N–H and O–H groups in total. The molecule has 10 heteroatoms. The second-order valence-electron chi connectivity index (χ2n) is 6.96. The van der Waals surface area contributed by atoms with Crippen LogP contribution in [0.15, 0.2) is 12.1 Å². The summed E-state index contributed by atoms with van der Waals surface area (Å²) in [6.45, 7) is 4.77. The Hall–Kier alpha value is -2.39. The second kappa shape index (κ2) is 6.10. The van der Waals surface area contributed by atoms with Crippen LogP contribution in [0.25, 0.3) is 5.65 Å². The molecule has 26 heavy (non-hydrogen) atoms. The van der Waals surface area contributed by atoms with Crippen molar-refractivity contribution in [1.29, 1.82) is 0 Å². The summed E-state index contributed by atoms with van der Waals surface area (Å²) in [5.74, 6) is 0.202. The van der Waals surface area contributed by atoms with Gasteiger partial charge in [0.15, 0.2) is 5.65 Å². The number of carbonyl (C=O) groups is 1. The van der Waals surface area contributed by atoms with Crippen molar-refractivity contribution in [1.82, 2.24) is 24.7 Å². The molecule has 7 nitrogen and oxygen atoms in total. The van der Waals surface area contributed by atoms with Crippen LogP contribution in [0, 0.1) is 11.8 Å². The normalized spacial score (nSPS) is 23.1. The van der Waals surface area contributed by atoms with E-state index in [4.69, 9.17) is 0 Å². The van der Waals surface area contributed by atoms with E-state index in [2.05, 4.69) is 15.3 Å². The van der Waals surface area contributed by atoms with E-state index < -0.39 is 12.0 Å². The molecule has 0 bridgehead atoms. The Kier molecular flexibility index (Phi) is 4.00. The highest BCUT2D eigenvalue weighted by Gasteiger charge is 2.42. The number of aromatic nitrogens is 4. The number of hydrogen-bond donors (Lipinski definition) is 0. The van der Waals surface area contributed by atoms with E-state index in [1.807, 2.05) is 16.7 Å². The Balaban J connectivity index is 1.51. The maximum atomic E-state index is 13.0. The van der Waals surface area contributed by atoms with Gasteiger partial charge in [0.05, 0.1) is 0 Å². The molecule has 0 radical (unpaired) electrons. The number of fused-ring (bicyclic) bond motifs is 2. The van der Waals surface area contributed by atoms with Crippen LogP contribution in [-0.4, -0.2) is 56.8 Å². The fraction of sp³-hybridized carbons (Fsp3) is 0.625. The van der Waals surface area contributed by atoms with Gasteiger partial charge in [-0.1, -0.05) is 6.92 Å². The number of carbonyl (C=O) groups excluding carboxylic acids is 1. The van der Waals surface area contributed by atoms with Crippen LogP contribution >= 0.6 is 0 Å². The summed E-state index contributed by atoms with van der Waals surface area (Å²) in [6, 6.07) is 3.17. The zero-order valence-corrected chi connectivity index (χ0v) is 14.3. The van der Waals surface area contributed by atoms with Gasteiger partial charge in [0.25, 0.3) is 5.82 Å². The summed E-state index contributed by atoms with van der Waals surface area (Å²) in [6.07, 6.45) is -3.21. The summed E-state index contributed by atoms with van der Waals surface area (Å²) < 4.78 is 39.8. The number of halogens is 3. The monoisotopic (exact) mass is 368 g/mol. The van der Waals surface area contributed by atoms with Crippen LogP contribution in [0.5, 0.6) is 0 Å². The minimum absolute atomic E-state index is 0.0665. The zero-order chi connectivity index (χ0) is 18.5. The number of likely N-dealkylation sites (tertiary alicyclic amines) is 1. The van der Waals surface area contributed by atoms with Crippen LogP contribution in [0.2, 0.25) is 0 Å². The Bertz CT molecular complexity index is 821. The van der Waals surface area contributed by atoms with Crippen molar-refractivity contribution in [3.05, 3.63) is 18.0 Å². The summed E-state index contributed by atoms with van der Waals surface area (Å²) in [5.41, 5.74) is 0.0665. The average Bonchev–Trinajstić information content (AvgIpc) is 3.25. The van der Waals surface area contributed by atoms with Crippen molar-refractivity contribution in [3.63, 3.8) is 0 Å². The van der Waals surface area contributed by atoms with E-state index >= 15 is 0 Å². The van der Waals surface area contributed by atoms with Gasteiger partial charge in [-0.25, -0.2) is 0 Å². The standard InChI is InChI=1S/C16H19F3N6O/c1-2-3-14(26)24-8-10-6-23(7-11(10)9-24)13-5-4-12-20-21-15(16(17,18)19)25(12)22-13/h4-5,10-11H,2-3,6-9H2,1H3. The lowest BCUT2D eigenvalue weighted by Gasteiger charge is -2.22. The number of rotatable bonds is 3. The Morgan fingerprint density at radius 3 is 2.46 bits per heavy atom. The zero-order valence-electron chi connectivity index (χ0n) is 14.3. The first-order chi connectivity index (χ1) is 12.4. The third-order valence-corrected chi connectivity index (χ3v) is 5.13. The van der Waals surface area contributed by atoms with Crippen LogP contribution in [0.3, 0.4) is 0 Å². The molecule has 2 fully saturated rings. The van der Waals surface area contributed by atoms with Crippen molar-refractivity contribution in [3.8, 4) is 0 Å². The third-order valence-electron chi connectivity index (χ3n) is 5.13. The van der Waals surface area contributed by atoms with Gasteiger partial charge in [-0.05, 0) is 18.6 Å². The largest absolute Gasteiger partial charge is 0.453 e. The first-order valence-corrected chi connectivity index (χ1v) is 8.69. The molecule has 140 valence electrons. The molecule has 2 aromatic heterocycles. The minimum Gasteiger partial charge on any atom is -0.354 e. The number of hydrogen-bond acceptors (Lipinski definition) is 5. The molecule has 2 aromatic rings. The van der Waals surface area contributed by atoms with E-state index in [-0.39, 0.29) is 11.6 Å². The molecule has 0 saturated carbocycles. The quantitative estimate of drug-likeness (QED) is 0.827. The molecule has 2 aliphatic rings. The molecule has 2 aliphatic heterocycles. The smallest absolute Gasteiger partial charge is 0.354 e. The van der Waals surface area contributed by atoms with E-state index in [1.165, 1.54) is 6.07 Å². The van der Waals surface area contributed by atoms with E-state index in [9.17, 15) is 18.0 Å². The molecule has 0 aliphatic carbocycles. The van der Waals surface area contributed by atoms with Gasteiger partial charge >= 0.3 is 6.18 Å². The first-order valence-electron chi connectivity index (χ1n) is 8.69. The topological polar surface area (TPSA) is 66.6 Å². The maximum Gasteiger partial charge on any atom is 0.453 e. The molecule has 0 aromatic carbocycles. The van der Waals surface area contributed by atoms with E-state index in [0.717, 1.165) is 10.9 Å². The van der Waals surface area contributed by atoms with Gasteiger partial charge in [0.1, 0.15) is 5.82 Å². The predicted molar refractivity (Wildman–Crippen MR) is 86.5 cm³/mol. The SMILES string of the molecule is CCCC(=O)N1CC2CN(c3ccc4nnc(C(F)(F)F)n4n3)CC2C1. The molecular formula is C16H19F3N6O. The number of amides is 1. The van der Waals surface area contributed by atoms with Gasteiger partial charge < -0.3 is 9.80 Å². The molecule has 0 spiro atoms. The fourth-order valence-corrected chi connectivity index (χ4v) is 3.88. The predicted octanol–water partition coefficient (Wildman–Crippen LogP) is 1.84. The molecule has 4 rings (SSSR count). The molecule has 2 atom stereocenters. The highest BCUT2D eigenvalue weighted by atomic mass is 19.4. The Labute approximate surface area is 147 Å². The lowest BCUT2D eigenvalue weighted by molar-refractivity contribution is -0.146. The third kappa shape index (κ3) is 2.86. The van der Waals surface area contributed by atoms with Crippen LogP contribution < -0.4 is 4.90 Å². The van der Waals surface area contributed by atoms with Crippen molar-refractivity contribution in [2.24, 2.45) is 11.8 Å². The first kappa shape index (κ1) is 17.0. The van der Waals surface area contributed by atoms with Crippen molar-refractivity contribution < 1.29 is 18.0 Å². The second-order valence-corrected chi connectivity index (χ2v) is 6.96. The summed E-state index contributed by atoms with van der Waals surface area (Å²) >= 11 is 0. The highest BCUT2D eigenvalue weighted by Crippen LogP contribution is 2.34. The van der Waals surface area contributed by atoms with Gasteiger partial charge in [0.2, 0.25) is 5.91 Å². The molecular weight excluding hydrogens is 349 g/mol. The average molecular weight is 368 g/mol. The lowest BCUT2D eigenvalue weighted by Crippen LogP contribution is -2.33. The van der Waals surface area contributed by atoms with Crippen molar-refractivity contribution >= 4 is 17.4 Å². The molecule has 2 unspecified atom stereocenters. The minimum atomic E-state index is -4.60. The number of nitrogens with zero attached hydrogens (tertiary/aromatic N) is 6. The maximum absolute atomic E-state index is 13.0. The van der Waals surface area contributed by atoms with Gasteiger partial charge in [-0.2, -0.15) is 17.7 Å². The lowest BCUT2D eigenvalue weighted by atomic mass is 10.0. The highest BCUT2D eigenvalue weighted by molar-refractivity contribution is 5.76. The fourth-order valence-electron chi connectivity index (χ4n) is 3.88. The number of anilines is 1. The Morgan fingerprint density at radius 2 is 1.85 bits per heavy atom. The van der Waals surface area contributed by atoms with E-state index in [1.54, 1.807) is 6.07 Å². The summed E-state index contributed by atoms with van der Waals surface area (Å²) in [7, 11) is 0. The van der Waals surface area contributed by atoms with E-state index in [0.29, 0.717) is 50.3 Å².